The zero-order valence-electron chi connectivity index (χ0n) is 18.3. The first-order valence-electron chi connectivity index (χ1n) is 10.6. The second kappa shape index (κ2) is 10.0. The van der Waals surface area contributed by atoms with Gasteiger partial charge in [-0.1, -0.05) is 18.2 Å². The van der Waals surface area contributed by atoms with Crippen molar-refractivity contribution in [3.63, 3.8) is 0 Å². The Morgan fingerprint density at radius 2 is 1.91 bits per heavy atom. The Balaban J connectivity index is 1.57. The number of phenolic OH excluding ortho intramolecular Hbond substituents is 1. The number of hydrogen-bond acceptors (Lipinski definition) is 7. The highest BCUT2D eigenvalue weighted by Gasteiger charge is 2.22. The molecule has 2 heterocycles. The van der Waals surface area contributed by atoms with Gasteiger partial charge in [0.2, 0.25) is 5.75 Å². The maximum atomic E-state index is 14.8. The number of methoxy groups -OCH3 is 1. The van der Waals surface area contributed by atoms with Gasteiger partial charge in [-0.15, -0.1) is 0 Å². The van der Waals surface area contributed by atoms with Crippen LogP contribution in [0.15, 0.2) is 36.4 Å². The molecule has 2 aromatic carbocycles. The molecule has 1 saturated heterocycles. The predicted octanol–water partition coefficient (Wildman–Crippen LogP) is 4.29. The van der Waals surface area contributed by atoms with E-state index >= 15 is 0 Å². The summed E-state index contributed by atoms with van der Waals surface area (Å²) in [6.07, 6.45) is 0.798. The molecule has 4 rings (SSSR count). The van der Waals surface area contributed by atoms with Gasteiger partial charge in [-0.25, -0.2) is 4.98 Å². The first-order chi connectivity index (χ1) is 15.6. The molecule has 0 saturated carbocycles. The highest BCUT2D eigenvalue weighted by molar-refractivity contribution is 5.94. The van der Waals surface area contributed by atoms with Crippen molar-refractivity contribution in [1.82, 2.24) is 9.88 Å². The molecule has 0 radical (unpaired) electrons. The molecule has 1 fully saturated rings. The van der Waals surface area contributed by atoms with Gasteiger partial charge >= 0.3 is 0 Å². The van der Waals surface area contributed by atoms with Crippen molar-refractivity contribution in [2.24, 2.45) is 0 Å². The van der Waals surface area contributed by atoms with E-state index in [1.54, 1.807) is 37.3 Å². The lowest BCUT2D eigenvalue weighted by Crippen LogP contribution is -2.37. The minimum Gasteiger partial charge on any atom is -0.504 e. The van der Waals surface area contributed by atoms with Crippen molar-refractivity contribution in [2.45, 2.75) is 13.3 Å². The van der Waals surface area contributed by atoms with E-state index in [-0.39, 0.29) is 22.8 Å². The molecule has 1 aromatic heterocycles. The van der Waals surface area contributed by atoms with E-state index in [0.29, 0.717) is 29.1 Å². The summed E-state index contributed by atoms with van der Waals surface area (Å²) in [5.74, 6) is 0.0221. The standard InChI is InChI=1S/C24H27FN2O5/c1-16-20-18(26-24(25)22(16)32-17-7-4-3-5-8-17)15-19(23(29-2)21(20)28)31-12-6-9-27-10-13-30-14-11-27/h3-5,7-8,15,28H,6,9-14H2,1-2H3. The number of aromatic nitrogens is 1. The lowest BCUT2D eigenvalue weighted by Gasteiger charge is -2.26. The monoisotopic (exact) mass is 442 g/mol. The molecule has 8 heteroatoms. The van der Waals surface area contributed by atoms with Crippen LogP contribution in [-0.4, -0.2) is 61.6 Å². The number of aryl methyl sites for hydroxylation is 1. The van der Waals surface area contributed by atoms with Gasteiger partial charge in [0.15, 0.2) is 17.2 Å². The first kappa shape index (κ1) is 22.1. The van der Waals surface area contributed by atoms with Gasteiger partial charge in [-0.05, 0) is 25.5 Å². The average Bonchev–Trinajstić information content (AvgIpc) is 2.80. The Bertz CT molecular complexity index is 1070. The number of nitrogens with zero attached hydrogens (tertiary/aromatic N) is 2. The lowest BCUT2D eigenvalue weighted by molar-refractivity contribution is 0.0357. The van der Waals surface area contributed by atoms with Crippen LogP contribution in [0.1, 0.15) is 12.0 Å². The molecule has 1 aliphatic heterocycles. The van der Waals surface area contributed by atoms with Gasteiger partial charge < -0.3 is 24.1 Å². The molecule has 0 amide bonds. The largest absolute Gasteiger partial charge is 0.504 e. The maximum absolute atomic E-state index is 14.8. The minimum atomic E-state index is -0.762. The van der Waals surface area contributed by atoms with E-state index in [2.05, 4.69) is 9.88 Å². The van der Waals surface area contributed by atoms with E-state index < -0.39 is 5.95 Å². The van der Waals surface area contributed by atoms with Crippen LogP contribution < -0.4 is 14.2 Å². The van der Waals surface area contributed by atoms with Gasteiger partial charge in [0, 0.05) is 31.3 Å². The zero-order chi connectivity index (χ0) is 22.5. The van der Waals surface area contributed by atoms with Crippen molar-refractivity contribution in [3.05, 3.63) is 47.9 Å². The highest BCUT2D eigenvalue weighted by Crippen LogP contribution is 2.46. The summed E-state index contributed by atoms with van der Waals surface area (Å²) in [6.45, 7) is 6.31. The number of benzene rings is 2. The number of hydrogen-bond donors (Lipinski definition) is 1. The van der Waals surface area contributed by atoms with Gasteiger partial charge in [0.1, 0.15) is 5.75 Å². The normalized spacial score (nSPS) is 14.5. The molecule has 32 heavy (non-hydrogen) atoms. The summed E-state index contributed by atoms with van der Waals surface area (Å²) in [7, 11) is 1.45. The molecule has 0 unspecified atom stereocenters. The lowest BCUT2D eigenvalue weighted by atomic mass is 10.1. The summed E-state index contributed by atoms with van der Waals surface area (Å²) in [4.78, 5) is 6.34. The Hall–Kier alpha value is -3.10. The van der Waals surface area contributed by atoms with Crippen LogP contribution in [-0.2, 0) is 4.74 Å². The van der Waals surface area contributed by atoms with E-state index in [9.17, 15) is 9.50 Å². The number of halogens is 1. The fourth-order valence-corrected chi connectivity index (χ4v) is 3.82. The van der Waals surface area contributed by atoms with E-state index in [0.717, 1.165) is 39.3 Å². The third-order valence-electron chi connectivity index (χ3n) is 5.47. The van der Waals surface area contributed by atoms with E-state index in [1.807, 2.05) is 6.07 Å². The van der Waals surface area contributed by atoms with E-state index in [4.69, 9.17) is 18.9 Å². The second-order valence-corrected chi connectivity index (χ2v) is 7.58. The van der Waals surface area contributed by atoms with Gasteiger partial charge in [-0.3, -0.25) is 4.90 Å². The van der Waals surface area contributed by atoms with Crippen LogP contribution in [0.2, 0.25) is 0 Å². The summed E-state index contributed by atoms with van der Waals surface area (Å²) < 4.78 is 37.2. The summed E-state index contributed by atoms with van der Waals surface area (Å²) in [5, 5.41) is 11.3. The predicted molar refractivity (Wildman–Crippen MR) is 119 cm³/mol. The molecule has 0 bridgehead atoms. The Morgan fingerprint density at radius 1 is 1.16 bits per heavy atom. The summed E-state index contributed by atoms with van der Waals surface area (Å²) in [6, 6.07) is 10.5. The van der Waals surface area contributed by atoms with E-state index in [1.165, 1.54) is 7.11 Å². The fraction of sp³-hybridized carbons (Fsp3) is 0.375. The molecule has 0 aliphatic carbocycles. The van der Waals surface area contributed by atoms with Gasteiger partial charge in [0.25, 0.3) is 5.95 Å². The molecular formula is C24H27FN2O5. The number of pyridine rings is 1. The smallest absolute Gasteiger partial charge is 0.256 e. The Kier molecular flexibility index (Phi) is 6.92. The van der Waals surface area contributed by atoms with Crippen LogP contribution in [0.25, 0.3) is 10.9 Å². The molecule has 1 aliphatic rings. The zero-order valence-corrected chi connectivity index (χ0v) is 18.3. The number of aromatic hydroxyl groups is 1. The van der Waals surface area contributed by atoms with Crippen molar-refractivity contribution < 1.29 is 28.4 Å². The van der Waals surface area contributed by atoms with Crippen molar-refractivity contribution in [3.8, 4) is 28.7 Å². The molecule has 0 atom stereocenters. The summed E-state index contributed by atoms with van der Waals surface area (Å²) >= 11 is 0. The molecule has 7 nitrogen and oxygen atoms in total. The third-order valence-corrected chi connectivity index (χ3v) is 5.47. The topological polar surface area (TPSA) is 73.3 Å². The SMILES string of the molecule is COc1c(OCCCN2CCOCC2)cc2nc(F)c(Oc3ccccc3)c(C)c2c1O. The molecule has 3 aromatic rings. The second-order valence-electron chi connectivity index (χ2n) is 7.58. The highest BCUT2D eigenvalue weighted by atomic mass is 19.1. The Morgan fingerprint density at radius 3 is 2.62 bits per heavy atom. The number of morpholine rings is 1. The molecule has 0 spiro atoms. The van der Waals surface area contributed by atoms with Crippen LogP contribution in [0.5, 0.6) is 28.7 Å². The van der Waals surface area contributed by atoms with Crippen LogP contribution in [0.4, 0.5) is 4.39 Å². The molecular weight excluding hydrogens is 415 g/mol. The number of para-hydroxylation sites is 1. The van der Waals surface area contributed by atoms with Crippen molar-refractivity contribution in [1.29, 1.82) is 0 Å². The third kappa shape index (κ3) is 4.71. The number of phenols is 1. The van der Waals surface area contributed by atoms with Crippen LogP contribution in [0, 0.1) is 12.9 Å². The van der Waals surface area contributed by atoms with Gasteiger partial charge in [-0.2, -0.15) is 4.39 Å². The number of rotatable bonds is 8. The van der Waals surface area contributed by atoms with Crippen molar-refractivity contribution >= 4 is 10.9 Å². The summed E-state index contributed by atoms with van der Waals surface area (Å²) in [5.41, 5.74) is 0.688. The molecule has 170 valence electrons. The fourth-order valence-electron chi connectivity index (χ4n) is 3.82. The number of fused-ring (bicyclic) bond motifs is 1. The van der Waals surface area contributed by atoms with Gasteiger partial charge in [0.05, 0.1) is 37.8 Å². The minimum absolute atomic E-state index is 0.0415. The maximum Gasteiger partial charge on any atom is 0.256 e. The number of ether oxygens (including phenoxy) is 4. The average molecular weight is 442 g/mol. The van der Waals surface area contributed by atoms with Crippen LogP contribution in [0.3, 0.4) is 0 Å². The van der Waals surface area contributed by atoms with Crippen molar-refractivity contribution in [2.75, 3.05) is 46.6 Å². The first-order valence-corrected chi connectivity index (χ1v) is 10.6. The molecule has 1 N–H and O–H groups in total. The quantitative estimate of drug-likeness (QED) is 0.412. The van der Waals surface area contributed by atoms with Crippen LogP contribution >= 0.6 is 0 Å². The Labute approximate surface area is 186 Å².